The first-order chi connectivity index (χ1) is 5.79. The average molecular weight is 161 g/mol. The van der Waals surface area contributed by atoms with Crippen LogP contribution < -0.4 is 5.56 Å². The molecule has 0 atom stereocenters. The maximum atomic E-state index is 11.1. The van der Waals surface area contributed by atoms with E-state index in [0.29, 0.717) is 0 Å². The van der Waals surface area contributed by atoms with Crippen LogP contribution in [0.3, 0.4) is 0 Å². The first-order valence-electron chi connectivity index (χ1n) is 3.55. The molecule has 2 rings (SSSR count). The van der Waals surface area contributed by atoms with Crippen LogP contribution in [0.4, 0.5) is 0 Å². The Kier molecular flexibility index (Phi) is 1.40. The Morgan fingerprint density at radius 2 is 2.25 bits per heavy atom. The lowest BCUT2D eigenvalue weighted by Crippen LogP contribution is -2.15. The van der Waals surface area contributed by atoms with Crippen molar-refractivity contribution in [2.24, 2.45) is 7.05 Å². The topological polar surface area (TPSA) is 47.8 Å². The Hall–Kier alpha value is -1.71. The molecule has 0 saturated heterocycles. The number of rotatable bonds is 0. The lowest BCUT2D eigenvalue weighted by Gasteiger charge is -2.00. The number of pyridine rings is 1. The van der Waals surface area contributed by atoms with Gasteiger partial charge in [0.1, 0.15) is 6.33 Å². The fourth-order valence-electron chi connectivity index (χ4n) is 1.10. The lowest BCUT2D eigenvalue weighted by molar-refractivity contribution is 0.897. The maximum absolute atomic E-state index is 11.1. The molecule has 0 radical (unpaired) electrons. The molecule has 0 saturated carbocycles. The van der Waals surface area contributed by atoms with Crippen molar-refractivity contribution in [3.63, 3.8) is 0 Å². The van der Waals surface area contributed by atoms with Crippen LogP contribution in [-0.2, 0) is 7.05 Å². The summed E-state index contributed by atoms with van der Waals surface area (Å²) in [7, 11) is 1.70. The molecule has 0 aromatic carbocycles. The zero-order valence-electron chi connectivity index (χ0n) is 6.56. The predicted molar refractivity (Wildman–Crippen MR) is 44.8 cm³/mol. The van der Waals surface area contributed by atoms with Crippen molar-refractivity contribution in [3.8, 4) is 0 Å². The van der Waals surface area contributed by atoms with E-state index in [4.69, 9.17) is 0 Å². The van der Waals surface area contributed by atoms with Gasteiger partial charge in [0.2, 0.25) is 0 Å². The Labute approximate surface area is 68.5 Å². The minimum absolute atomic E-state index is 0.0442. The van der Waals surface area contributed by atoms with Gasteiger partial charge in [-0.05, 0) is 6.07 Å². The van der Waals surface area contributed by atoms with E-state index in [1.54, 1.807) is 19.3 Å². The van der Waals surface area contributed by atoms with Crippen molar-refractivity contribution in [3.05, 3.63) is 35.0 Å². The standard InChI is InChI=1S/C8H7N3O/c1-11-7-4-9-5-10-6(7)2-3-8(11)12/h2-5H,1H3. The van der Waals surface area contributed by atoms with Gasteiger partial charge in [0.15, 0.2) is 0 Å². The molecule has 2 aromatic heterocycles. The maximum Gasteiger partial charge on any atom is 0.250 e. The van der Waals surface area contributed by atoms with Gasteiger partial charge in [-0.2, -0.15) is 0 Å². The van der Waals surface area contributed by atoms with Crippen LogP contribution in [0.15, 0.2) is 29.5 Å². The zero-order chi connectivity index (χ0) is 8.55. The Morgan fingerprint density at radius 3 is 3.08 bits per heavy atom. The van der Waals surface area contributed by atoms with Gasteiger partial charge in [0.25, 0.3) is 5.56 Å². The molecule has 0 amide bonds. The third-order valence-corrected chi connectivity index (χ3v) is 1.80. The molecule has 0 spiro atoms. The molecule has 0 fully saturated rings. The molecule has 4 heteroatoms. The van der Waals surface area contributed by atoms with Crippen LogP contribution in [0.2, 0.25) is 0 Å². The summed E-state index contributed by atoms with van der Waals surface area (Å²) in [5.41, 5.74) is 1.49. The first kappa shape index (κ1) is 6.97. The number of aryl methyl sites for hydroxylation is 1. The van der Waals surface area contributed by atoms with Gasteiger partial charge in [-0.3, -0.25) is 4.79 Å². The summed E-state index contributed by atoms with van der Waals surface area (Å²) < 4.78 is 1.52. The third-order valence-electron chi connectivity index (χ3n) is 1.80. The van der Waals surface area contributed by atoms with Gasteiger partial charge in [0, 0.05) is 13.1 Å². The molecule has 60 valence electrons. The van der Waals surface area contributed by atoms with Crippen LogP contribution in [-0.4, -0.2) is 14.5 Å². The second-order valence-corrected chi connectivity index (χ2v) is 2.52. The molecular weight excluding hydrogens is 154 g/mol. The molecule has 0 aliphatic rings. The zero-order valence-corrected chi connectivity index (χ0v) is 6.56. The molecule has 0 bridgehead atoms. The fourth-order valence-corrected chi connectivity index (χ4v) is 1.10. The lowest BCUT2D eigenvalue weighted by atomic mass is 10.3. The minimum atomic E-state index is -0.0442. The van der Waals surface area contributed by atoms with Crippen molar-refractivity contribution in [2.45, 2.75) is 0 Å². The molecule has 2 heterocycles. The quantitative estimate of drug-likeness (QED) is 0.559. The number of aromatic nitrogens is 3. The van der Waals surface area contributed by atoms with Gasteiger partial charge < -0.3 is 4.57 Å². The van der Waals surface area contributed by atoms with Crippen molar-refractivity contribution in [1.82, 2.24) is 14.5 Å². The van der Waals surface area contributed by atoms with Crippen molar-refractivity contribution in [2.75, 3.05) is 0 Å². The normalized spacial score (nSPS) is 10.4. The Morgan fingerprint density at radius 1 is 1.42 bits per heavy atom. The van der Waals surface area contributed by atoms with Crippen molar-refractivity contribution < 1.29 is 0 Å². The summed E-state index contributed by atoms with van der Waals surface area (Å²) in [6.45, 7) is 0. The van der Waals surface area contributed by atoms with E-state index >= 15 is 0 Å². The predicted octanol–water partition coefficient (Wildman–Crippen LogP) is 0.329. The van der Waals surface area contributed by atoms with Crippen LogP contribution in [0, 0.1) is 0 Å². The number of fused-ring (bicyclic) bond motifs is 1. The highest BCUT2D eigenvalue weighted by Gasteiger charge is 1.97. The van der Waals surface area contributed by atoms with Gasteiger partial charge in [0.05, 0.1) is 17.2 Å². The summed E-state index contributed by atoms with van der Waals surface area (Å²) in [4.78, 5) is 19.0. The van der Waals surface area contributed by atoms with Gasteiger partial charge in [-0.25, -0.2) is 9.97 Å². The average Bonchev–Trinajstić information content (AvgIpc) is 2.12. The summed E-state index contributed by atoms with van der Waals surface area (Å²) in [5, 5.41) is 0. The monoisotopic (exact) mass is 161 g/mol. The highest BCUT2D eigenvalue weighted by molar-refractivity contribution is 5.72. The van der Waals surface area contributed by atoms with E-state index in [1.807, 2.05) is 0 Å². The van der Waals surface area contributed by atoms with E-state index < -0.39 is 0 Å². The van der Waals surface area contributed by atoms with Gasteiger partial charge >= 0.3 is 0 Å². The fraction of sp³-hybridized carbons (Fsp3) is 0.125. The summed E-state index contributed by atoms with van der Waals surface area (Å²) >= 11 is 0. The second-order valence-electron chi connectivity index (χ2n) is 2.52. The SMILES string of the molecule is Cn1c(=O)ccc2ncncc21. The van der Waals surface area contributed by atoms with Gasteiger partial charge in [-0.15, -0.1) is 0 Å². The van der Waals surface area contributed by atoms with Gasteiger partial charge in [-0.1, -0.05) is 0 Å². The van der Waals surface area contributed by atoms with Crippen LogP contribution in [0.25, 0.3) is 11.0 Å². The number of nitrogens with zero attached hydrogens (tertiary/aromatic N) is 3. The largest absolute Gasteiger partial charge is 0.309 e. The molecule has 0 aliphatic heterocycles. The van der Waals surface area contributed by atoms with Crippen LogP contribution in [0.1, 0.15) is 0 Å². The van der Waals surface area contributed by atoms with Crippen LogP contribution >= 0.6 is 0 Å². The summed E-state index contributed by atoms with van der Waals surface area (Å²) in [6.07, 6.45) is 3.09. The number of hydrogen-bond donors (Lipinski definition) is 0. The van der Waals surface area contributed by atoms with Crippen molar-refractivity contribution >= 4 is 11.0 Å². The summed E-state index contributed by atoms with van der Waals surface area (Å²) in [6, 6.07) is 3.19. The third kappa shape index (κ3) is 0.887. The molecule has 0 N–H and O–H groups in total. The number of hydrogen-bond acceptors (Lipinski definition) is 3. The molecule has 0 aliphatic carbocycles. The molecular formula is C8H7N3O. The highest BCUT2D eigenvalue weighted by atomic mass is 16.1. The van der Waals surface area contributed by atoms with E-state index in [-0.39, 0.29) is 5.56 Å². The Bertz CT molecular complexity index is 475. The van der Waals surface area contributed by atoms with E-state index in [9.17, 15) is 4.79 Å². The van der Waals surface area contributed by atoms with E-state index in [0.717, 1.165) is 11.0 Å². The minimum Gasteiger partial charge on any atom is -0.309 e. The molecule has 0 unspecified atom stereocenters. The van der Waals surface area contributed by atoms with Crippen LogP contribution in [0.5, 0.6) is 0 Å². The van der Waals surface area contributed by atoms with E-state index in [2.05, 4.69) is 9.97 Å². The van der Waals surface area contributed by atoms with Crippen molar-refractivity contribution in [1.29, 1.82) is 0 Å². The highest BCUT2D eigenvalue weighted by Crippen LogP contribution is 2.03. The Balaban J connectivity index is 3.01. The second kappa shape index (κ2) is 2.41. The smallest absolute Gasteiger partial charge is 0.250 e. The first-order valence-corrected chi connectivity index (χ1v) is 3.55. The molecule has 12 heavy (non-hydrogen) atoms. The molecule has 2 aromatic rings. The molecule has 4 nitrogen and oxygen atoms in total. The van der Waals surface area contributed by atoms with E-state index in [1.165, 1.54) is 17.0 Å². The summed E-state index contributed by atoms with van der Waals surface area (Å²) in [5.74, 6) is 0.